The molecule has 26 heavy (non-hydrogen) atoms. The van der Waals surface area contributed by atoms with Crippen LogP contribution in [0.15, 0.2) is 12.1 Å². The van der Waals surface area contributed by atoms with Crippen LogP contribution in [0, 0.1) is 17.0 Å². The Morgan fingerprint density at radius 2 is 1.92 bits per heavy atom. The number of hydrogen-bond acceptors (Lipinski definition) is 5. The Bertz CT molecular complexity index is 687. The van der Waals surface area contributed by atoms with E-state index < -0.39 is 16.4 Å². The van der Waals surface area contributed by atoms with Gasteiger partial charge in [0.05, 0.1) is 4.92 Å². The minimum absolute atomic E-state index is 0.0540. The number of benzene rings is 1. The normalized spacial score (nSPS) is 13.1. The van der Waals surface area contributed by atoms with Crippen LogP contribution in [0.3, 0.4) is 0 Å². The van der Waals surface area contributed by atoms with Crippen LogP contribution in [-0.4, -0.2) is 22.2 Å². The van der Waals surface area contributed by atoms with Crippen molar-refractivity contribution in [3.63, 3.8) is 0 Å². The Labute approximate surface area is 154 Å². The van der Waals surface area contributed by atoms with Crippen molar-refractivity contribution in [2.24, 2.45) is 5.73 Å². The Balaban J connectivity index is 3.20. The molecule has 1 aromatic rings. The minimum atomic E-state index is -0.640. The molecule has 7 nitrogen and oxygen atoms in total. The number of nitrogens with zero attached hydrogens (tertiary/aromatic N) is 1. The van der Waals surface area contributed by atoms with Gasteiger partial charge in [0, 0.05) is 18.1 Å². The number of Topliss-reactive ketones (excluding diaryl/α,β-unsaturated/α-hetero) is 1. The molecule has 0 aliphatic carbocycles. The molecule has 0 fully saturated rings. The summed E-state index contributed by atoms with van der Waals surface area (Å²) in [5, 5.41) is 11.2. The van der Waals surface area contributed by atoms with Crippen LogP contribution in [-0.2, 0) is 4.79 Å². The van der Waals surface area contributed by atoms with Crippen LogP contribution >= 0.6 is 0 Å². The van der Waals surface area contributed by atoms with Gasteiger partial charge in [-0.3, -0.25) is 19.7 Å². The van der Waals surface area contributed by atoms with Crippen LogP contribution < -0.4 is 10.5 Å². The molecule has 0 aliphatic rings. The number of ether oxygens (including phenoxy) is 1. The predicted octanol–water partition coefficient (Wildman–Crippen LogP) is 4.09. The number of amides is 1. The summed E-state index contributed by atoms with van der Waals surface area (Å²) in [6.45, 7) is 6.94. The SMILES string of the molecule is CCCCCC(C)(CCC(N)=O)Oc1ccc([N+](=O)[O-])c(C(C)=O)c1C. The largest absolute Gasteiger partial charge is 0.487 e. The molecule has 0 spiro atoms. The highest BCUT2D eigenvalue weighted by molar-refractivity contribution is 6.00. The van der Waals surface area contributed by atoms with E-state index in [2.05, 4.69) is 6.92 Å². The third kappa shape index (κ3) is 5.82. The van der Waals surface area contributed by atoms with Gasteiger partial charge in [0.15, 0.2) is 5.78 Å². The summed E-state index contributed by atoms with van der Waals surface area (Å²) < 4.78 is 6.17. The molecule has 1 unspecified atom stereocenters. The van der Waals surface area contributed by atoms with E-state index in [9.17, 15) is 19.7 Å². The minimum Gasteiger partial charge on any atom is -0.487 e. The summed E-state index contributed by atoms with van der Waals surface area (Å²) in [5.41, 5.74) is 4.90. The number of rotatable bonds is 11. The highest BCUT2D eigenvalue weighted by Gasteiger charge is 2.29. The fraction of sp³-hybridized carbons (Fsp3) is 0.579. The first-order valence-corrected chi connectivity index (χ1v) is 8.87. The maximum absolute atomic E-state index is 11.9. The van der Waals surface area contributed by atoms with Gasteiger partial charge in [0.2, 0.25) is 5.91 Å². The molecule has 0 radical (unpaired) electrons. The standard InChI is InChI=1S/C19H28N2O5/c1-5-6-7-11-19(4,12-10-17(20)23)26-16-9-8-15(21(24)25)18(13(16)2)14(3)22/h8-9H,5-7,10-12H2,1-4H3,(H2,20,23). The van der Waals surface area contributed by atoms with Gasteiger partial charge in [-0.1, -0.05) is 19.8 Å². The van der Waals surface area contributed by atoms with Crippen LogP contribution in [0.4, 0.5) is 5.69 Å². The van der Waals surface area contributed by atoms with Gasteiger partial charge in [0.1, 0.15) is 16.9 Å². The Hall–Kier alpha value is -2.44. The van der Waals surface area contributed by atoms with Crippen LogP contribution in [0.25, 0.3) is 0 Å². The second-order valence-electron chi connectivity index (χ2n) is 6.87. The number of carbonyl (C=O) groups excluding carboxylic acids is 2. The molecule has 0 bridgehead atoms. The van der Waals surface area contributed by atoms with Crippen LogP contribution in [0.5, 0.6) is 5.75 Å². The number of carbonyl (C=O) groups is 2. The molecule has 144 valence electrons. The second-order valence-corrected chi connectivity index (χ2v) is 6.87. The van der Waals surface area contributed by atoms with Crippen molar-refractivity contribution in [3.05, 3.63) is 33.4 Å². The fourth-order valence-electron chi connectivity index (χ4n) is 3.01. The molecule has 1 atom stereocenters. The Kier molecular flexibility index (Phi) is 7.74. The van der Waals surface area contributed by atoms with Crippen molar-refractivity contribution in [1.29, 1.82) is 0 Å². The van der Waals surface area contributed by atoms with Gasteiger partial charge in [0.25, 0.3) is 5.69 Å². The summed E-state index contributed by atoms with van der Waals surface area (Å²) in [7, 11) is 0. The molecule has 7 heteroatoms. The Morgan fingerprint density at radius 1 is 1.27 bits per heavy atom. The van der Waals surface area contributed by atoms with Crippen molar-refractivity contribution >= 4 is 17.4 Å². The third-order valence-corrected chi connectivity index (χ3v) is 4.51. The van der Waals surface area contributed by atoms with Crippen molar-refractivity contribution < 1.29 is 19.2 Å². The summed E-state index contributed by atoms with van der Waals surface area (Å²) >= 11 is 0. The number of unbranched alkanes of at least 4 members (excludes halogenated alkanes) is 2. The lowest BCUT2D eigenvalue weighted by Gasteiger charge is -2.32. The summed E-state index contributed by atoms with van der Waals surface area (Å²) in [5.74, 6) is -0.367. The number of primary amides is 1. The smallest absolute Gasteiger partial charge is 0.280 e. The Morgan fingerprint density at radius 3 is 2.42 bits per heavy atom. The van der Waals surface area contributed by atoms with Gasteiger partial charge in [-0.15, -0.1) is 0 Å². The highest BCUT2D eigenvalue weighted by atomic mass is 16.6. The average molecular weight is 364 g/mol. The van der Waals surface area contributed by atoms with Crippen molar-refractivity contribution in [3.8, 4) is 5.75 Å². The molecule has 2 N–H and O–H groups in total. The summed E-state index contributed by atoms with van der Waals surface area (Å²) in [6, 6.07) is 2.81. The van der Waals surface area contributed by atoms with Crippen molar-refractivity contribution in [2.75, 3.05) is 0 Å². The highest BCUT2D eigenvalue weighted by Crippen LogP contribution is 2.35. The monoisotopic (exact) mass is 364 g/mol. The molecular formula is C19H28N2O5. The zero-order valence-corrected chi connectivity index (χ0v) is 16.0. The van der Waals surface area contributed by atoms with Gasteiger partial charge >= 0.3 is 0 Å². The lowest BCUT2D eigenvalue weighted by molar-refractivity contribution is -0.385. The molecular weight excluding hydrogens is 336 g/mol. The molecule has 1 rings (SSSR count). The number of ketones is 1. The van der Waals surface area contributed by atoms with Gasteiger partial charge in [-0.25, -0.2) is 0 Å². The topological polar surface area (TPSA) is 113 Å². The number of hydrogen-bond donors (Lipinski definition) is 1. The number of nitro benzene ring substituents is 1. The van der Waals surface area contributed by atoms with E-state index in [1.807, 2.05) is 6.92 Å². The van der Waals surface area contributed by atoms with Gasteiger partial charge < -0.3 is 10.5 Å². The molecule has 0 aliphatic heterocycles. The predicted molar refractivity (Wildman–Crippen MR) is 99.4 cm³/mol. The summed E-state index contributed by atoms with van der Waals surface area (Å²) in [6.07, 6.45) is 4.37. The van der Waals surface area contributed by atoms with Gasteiger partial charge in [-0.05, 0) is 46.1 Å². The van der Waals surface area contributed by atoms with Crippen molar-refractivity contribution in [1.82, 2.24) is 0 Å². The maximum atomic E-state index is 11.9. The average Bonchev–Trinajstić information content (AvgIpc) is 2.54. The number of nitro groups is 1. The maximum Gasteiger partial charge on any atom is 0.280 e. The first-order valence-electron chi connectivity index (χ1n) is 8.87. The molecule has 0 saturated carbocycles. The van der Waals surface area contributed by atoms with E-state index >= 15 is 0 Å². The third-order valence-electron chi connectivity index (χ3n) is 4.51. The first-order chi connectivity index (χ1) is 12.1. The quantitative estimate of drug-likeness (QED) is 0.275. The molecule has 0 aromatic heterocycles. The van der Waals surface area contributed by atoms with Crippen molar-refractivity contribution in [2.45, 2.75) is 71.8 Å². The van der Waals surface area contributed by atoms with E-state index in [1.165, 1.54) is 19.1 Å². The van der Waals surface area contributed by atoms with E-state index in [0.717, 1.165) is 25.7 Å². The molecule has 1 amide bonds. The molecule has 1 aromatic carbocycles. The zero-order chi connectivity index (χ0) is 19.9. The molecule has 0 heterocycles. The summed E-state index contributed by atoms with van der Waals surface area (Å²) in [4.78, 5) is 33.7. The van der Waals surface area contributed by atoms with Crippen LogP contribution in [0.2, 0.25) is 0 Å². The van der Waals surface area contributed by atoms with E-state index in [4.69, 9.17) is 10.5 Å². The van der Waals surface area contributed by atoms with Gasteiger partial charge in [-0.2, -0.15) is 0 Å². The van der Waals surface area contributed by atoms with E-state index in [1.54, 1.807) is 6.92 Å². The lowest BCUT2D eigenvalue weighted by atomic mass is 9.92. The van der Waals surface area contributed by atoms with Crippen LogP contribution in [0.1, 0.15) is 75.2 Å². The molecule has 0 saturated heterocycles. The fourth-order valence-corrected chi connectivity index (χ4v) is 3.01. The van der Waals surface area contributed by atoms with E-state index in [-0.39, 0.29) is 23.5 Å². The zero-order valence-electron chi connectivity index (χ0n) is 16.0. The van der Waals surface area contributed by atoms with E-state index in [0.29, 0.717) is 17.7 Å². The second kappa shape index (κ2) is 9.31. The lowest BCUT2D eigenvalue weighted by Crippen LogP contribution is -2.34. The number of nitrogens with two attached hydrogens (primary N) is 1. The first kappa shape index (κ1) is 21.6.